The second-order valence-corrected chi connectivity index (χ2v) is 3.15. The fourth-order valence-electron chi connectivity index (χ4n) is 0.721. The summed E-state index contributed by atoms with van der Waals surface area (Å²) in [7, 11) is 0. The summed E-state index contributed by atoms with van der Waals surface area (Å²) in [5, 5.41) is 1.80. The Morgan fingerprint density at radius 3 is 2.27 bits per heavy atom. The number of amides is 3. The van der Waals surface area contributed by atoms with Gasteiger partial charge in [0.25, 0.3) is 5.91 Å². The number of hydrogen-bond donors (Lipinski definition) is 2. The number of nitrogens with two attached hydrogens (primary N) is 1. The second kappa shape index (κ2) is 5.79. The van der Waals surface area contributed by atoms with Gasteiger partial charge < -0.3 is 10.5 Å². The zero-order valence-electron chi connectivity index (χ0n) is 8.87. The molecule has 0 aliphatic heterocycles. The van der Waals surface area contributed by atoms with Crippen LogP contribution in [-0.4, -0.2) is 24.0 Å². The Bertz CT molecular complexity index is 305. The Morgan fingerprint density at radius 1 is 1.33 bits per heavy atom. The van der Waals surface area contributed by atoms with E-state index in [1.54, 1.807) is 19.2 Å². The predicted octanol–water partition coefficient (Wildman–Crippen LogP) is 0.0792. The van der Waals surface area contributed by atoms with E-state index in [4.69, 9.17) is 5.73 Å². The summed E-state index contributed by atoms with van der Waals surface area (Å²) in [4.78, 5) is 32.4. The lowest BCUT2D eigenvalue weighted by Gasteiger charge is -2.10. The molecule has 0 aromatic heterocycles. The number of nitrogens with one attached hydrogen (secondary N) is 1. The van der Waals surface area contributed by atoms with Crippen molar-refractivity contribution in [2.75, 3.05) is 0 Å². The first-order chi connectivity index (χ1) is 6.82. The highest BCUT2D eigenvalue weighted by molar-refractivity contribution is 5.97. The van der Waals surface area contributed by atoms with E-state index in [1.165, 1.54) is 13.0 Å². The molecule has 84 valence electrons. The van der Waals surface area contributed by atoms with Crippen LogP contribution in [0, 0.1) is 0 Å². The number of imide groups is 1. The molecule has 3 N–H and O–H groups in total. The average molecular weight is 214 g/mol. The maximum atomic E-state index is 11.1. The van der Waals surface area contributed by atoms with Gasteiger partial charge in [0.15, 0.2) is 6.10 Å². The van der Waals surface area contributed by atoms with Crippen molar-refractivity contribution in [2.24, 2.45) is 5.73 Å². The monoisotopic (exact) mass is 214 g/mol. The molecule has 0 aliphatic rings. The first-order valence-electron chi connectivity index (χ1n) is 4.28. The molecule has 3 amide bonds. The lowest BCUT2D eigenvalue weighted by molar-refractivity contribution is -0.149. The molecule has 0 aromatic carbocycles. The minimum absolute atomic E-state index is 0.637. The molecule has 6 heteroatoms. The van der Waals surface area contributed by atoms with Gasteiger partial charge >= 0.3 is 12.0 Å². The molecular weight excluding hydrogens is 200 g/mol. The summed E-state index contributed by atoms with van der Waals surface area (Å²) in [5.41, 5.74) is 5.47. The van der Waals surface area contributed by atoms with E-state index in [9.17, 15) is 14.4 Å². The summed E-state index contributed by atoms with van der Waals surface area (Å²) in [6.45, 7) is 4.78. The van der Waals surface area contributed by atoms with Gasteiger partial charge in [-0.1, -0.05) is 5.57 Å². The van der Waals surface area contributed by atoms with E-state index in [1.807, 2.05) is 0 Å². The molecule has 0 radical (unpaired) electrons. The summed E-state index contributed by atoms with van der Waals surface area (Å²) in [5.74, 6) is -1.39. The normalized spacial score (nSPS) is 11.1. The van der Waals surface area contributed by atoms with Gasteiger partial charge in [0.2, 0.25) is 0 Å². The molecule has 0 fully saturated rings. The average Bonchev–Trinajstić information content (AvgIpc) is 2.00. The van der Waals surface area contributed by atoms with Crippen molar-refractivity contribution in [2.45, 2.75) is 26.9 Å². The standard InChI is InChI=1S/C9H14N2O4/c1-5(2)4-7(12)15-6(3)8(13)11-9(10)14/h4,6H,1-3H3,(H3,10,11,13,14)/t6-/m1/s1. The van der Waals surface area contributed by atoms with E-state index in [0.717, 1.165) is 5.57 Å². The molecule has 0 rings (SSSR count). The third kappa shape index (κ3) is 6.25. The zero-order valence-corrected chi connectivity index (χ0v) is 8.87. The fourth-order valence-corrected chi connectivity index (χ4v) is 0.721. The van der Waals surface area contributed by atoms with Crippen LogP contribution in [0.1, 0.15) is 20.8 Å². The number of primary amides is 1. The first kappa shape index (κ1) is 13.2. The summed E-state index contributed by atoms with van der Waals surface area (Å²) in [6, 6.07) is -0.981. The topological polar surface area (TPSA) is 98.5 Å². The van der Waals surface area contributed by atoms with Crippen LogP contribution in [-0.2, 0) is 14.3 Å². The smallest absolute Gasteiger partial charge is 0.331 e. The molecule has 6 nitrogen and oxygen atoms in total. The summed E-state index contributed by atoms with van der Waals surface area (Å²) >= 11 is 0. The third-order valence-corrected chi connectivity index (χ3v) is 1.32. The number of carbonyl (C=O) groups is 3. The third-order valence-electron chi connectivity index (χ3n) is 1.32. The predicted molar refractivity (Wildman–Crippen MR) is 52.7 cm³/mol. The Morgan fingerprint density at radius 2 is 1.87 bits per heavy atom. The number of rotatable bonds is 3. The van der Waals surface area contributed by atoms with Gasteiger partial charge in [-0.05, 0) is 20.8 Å². The van der Waals surface area contributed by atoms with Gasteiger partial charge in [-0.25, -0.2) is 9.59 Å². The van der Waals surface area contributed by atoms with Gasteiger partial charge in [-0.2, -0.15) is 0 Å². The second-order valence-electron chi connectivity index (χ2n) is 3.15. The number of hydrogen-bond acceptors (Lipinski definition) is 4. The maximum Gasteiger partial charge on any atom is 0.331 e. The van der Waals surface area contributed by atoms with E-state index >= 15 is 0 Å². The van der Waals surface area contributed by atoms with E-state index in [2.05, 4.69) is 4.74 Å². The van der Waals surface area contributed by atoms with Crippen LogP contribution in [0.25, 0.3) is 0 Å². The molecule has 0 aliphatic carbocycles. The molecule has 0 saturated heterocycles. The minimum atomic E-state index is -1.06. The fraction of sp³-hybridized carbons (Fsp3) is 0.444. The van der Waals surface area contributed by atoms with E-state index in [0.29, 0.717) is 0 Å². The molecule has 0 unspecified atom stereocenters. The van der Waals surface area contributed by atoms with Crippen molar-refractivity contribution >= 4 is 17.9 Å². The highest BCUT2D eigenvalue weighted by Crippen LogP contribution is 1.96. The minimum Gasteiger partial charge on any atom is -0.449 e. The first-order valence-corrected chi connectivity index (χ1v) is 4.28. The highest BCUT2D eigenvalue weighted by atomic mass is 16.5. The SMILES string of the molecule is CC(C)=CC(=O)O[C@H](C)C(=O)NC(N)=O. The van der Waals surface area contributed by atoms with Crippen molar-refractivity contribution in [3.8, 4) is 0 Å². The number of carbonyl (C=O) groups excluding carboxylic acids is 3. The van der Waals surface area contributed by atoms with Crippen LogP contribution in [0.15, 0.2) is 11.6 Å². The summed E-state index contributed by atoms with van der Waals surface area (Å²) < 4.78 is 4.69. The number of allylic oxidation sites excluding steroid dienone is 1. The molecular formula is C9H14N2O4. The Labute approximate surface area is 87.5 Å². The van der Waals surface area contributed by atoms with Crippen LogP contribution in [0.4, 0.5) is 4.79 Å². The van der Waals surface area contributed by atoms with Gasteiger partial charge in [-0.15, -0.1) is 0 Å². The summed E-state index contributed by atoms with van der Waals surface area (Å²) in [6.07, 6.45) is 0.189. The van der Waals surface area contributed by atoms with Crippen molar-refractivity contribution in [3.63, 3.8) is 0 Å². The molecule has 0 bridgehead atoms. The van der Waals surface area contributed by atoms with Gasteiger partial charge in [0, 0.05) is 6.08 Å². The van der Waals surface area contributed by atoms with Crippen LogP contribution < -0.4 is 11.1 Å². The molecule has 1 atom stereocenters. The number of esters is 1. The number of ether oxygens (including phenoxy) is 1. The van der Waals surface area contributed by atoms with Crippen molar-refractivity contribution < 1.29 is 19.1 Å². The van der Waals surface area contributed by atoms with Crippen molar-refractivity contribution in [1.29, 1.82) is 0 Å². The number of urea groups is 1. The van der Waals surface area contributed by atoms with Gasteiger partial charge in [0.1, 0.15) is 0 Å². The van der Waals surface area contributed by atoms with Crippen LogP contribution in [0.2, 0.25) is 0 Å². The molecule has 15 heavy (non-hydrogen) atoms. The Hall–Kier alpha value is -1.85. The molecule has 0 heterocycles. The zero-order chi connectivity index (χ0) is 12.0. The van der Waals surface area contributed by atoms with Crippen molar-refractivity contribution in [1.82, 2.24) is 5.32 Å². The molecule has 0 saturated carbocycles. The van der Waals surface area contributed by atoms with E-state index in [-0.39, 0.29) is 0 Å². The van der Waals surface area contributed by atoms with Gasteiger partial charge in [-0.3, -0.25) is 10.1 Å². The van der Waals surface area contributed by atoms with Crippen LogP contribution in [0.3, 0.4) is 0 Å². The maximum absolute atomic E-state index is 11.1. The van der Waals surface area contributed by atoms with Crippen molar-refractivity contribution in [3.05, 3.63) is 11.6 Å². The Kier molecular flexibility index (Phi) is 5.08. The molecule has 0 aromatic rings. The lowest BCUT2D eigenvalue weighted by Crippen LogP contribution is -2.42. The quantitative estimate of drug-likeness (QED) is 0.513. The highest BCUT2D eigenvalue weighted by Gasteiger charge is 2.17. The largest absolute Gasteiger partial charge is 0.449 e. The van der Waals surface area contributed by atoms with E-state index < -0.39 is 24.0 Å². The Balaban J connectivity index is 4.19. The van der Waals surface area contributed by atoms with Crippen LogP contribution >= 0.6 is 0 Å². The van der Waals surface area contributed by atoms with Crippen LogP contribution in [0.5, 0.6) is 0 Å². The molecule has 0 spiro atoms. The van der Waals surface area contributed by atoms with Gasteiger partial charge in [0.05, 0.1) is 0 Å². The lowest BCUT2D eigenvalue weighted by atomic mass is 10.3.